The highest BCUT2D eigenvalue weighted by Crippen LogP contribution is 2.26. The van der Waals surface area contributed by atoms with Crippen LogP contribution < -0.4 is 9.64 Å². The Balaban J connectivity index is 2.25. The van der Waals surface area contributed by atoms with Crippen molar-refractivity contribution in [2.75, 3.05) is 4.90 Å². The van der Waals surface area contributed by atoms with Crippen LogP contribution in [0.2, 0.25) is 0 Å². The first-order valence-electron chi connectivity index (χ1n) is 6.36. The monoisotopic (exact) mass is 259 g/mol. The van der Waals surface area contributed by atoms with E-state index in [2.05, 4.69) is 0 Å². The van der Waals surface area contributed by atoms with Gasteiger partial charge in [0.15, 0.2) is 0 Å². The lowest BCUT2D eigenvalue weighted by atomic mass is 10.2. The summed E-state index contributed by atoms with van der Waals surface area (Å²) in [5.74, 6) is 0.0888. The minimum atomic E-state index is -0.303. The summed E-state index contributed by atoms with van der Waals surface area (Å²) in [6, 6.07) is 7.04. The van der Waals surface area contributed by atoms with Gasteiger partial charge in [-0.25, -0.2) is 4.90 Å². The van der Waals surface area contributed by atoms with E-state index in [0.29, 0.717) is 17.0 Å². The average Bonchev–Trinajstić information content (AvgIpc) is 2.63. The van der Waals surface area contributed by atoms with Crippen LogP contribution in [0.15, 0.2) is 35.9 Å². The number of amides is 2. The largest absolute Gasteiger partial charge is 0.491 e. The van der Waals surface area contributed by atoms with E-state index < -0.39 is 0 Å². The summed E-state index contributed by atoms with van der Waals surface area (Å²) < 4.78 is 5.69. The first kappa shape index (κ1) is 13.3. The van der Waals surface area contributed by atoms with E-state index in [1.807, 2.05) is 19.9 Å². The van der Waals surface area contributed by atoms with Gasteiger partial charge in [0.05, 0.1) is 11.8 Å². The second-order valence-corrected chi connectivity index (χ2v) is 4.64. The van der Waals surface area contributed by atoms with E-state index in [9.17, 15) is 9.59 Å². The SMILES string of the molecule is CCC(C)Oc1cccc(N2C(=O)C=C(C)C2=O)c1. The minimum Gasteiger partial charge on any atom is -0.491 e. The fraction of sp³-hybridized carbons (Fsp3) is 0.333. The third-order valence-electron chi connectivity index (χ3n) is 3.09. The Labute approximate surface area is 112 Å². The molecule has 2 amide bonds. The Bertz CT molecular complexity index is 548. The molecule has 4 heteroatoms. The van der Waals surface area contributed by atoms with E-state index in [-0.39, 0.29) is 17.9 Å². The molecule has 0 bridgehead atoms. The second-order valence-electron chi connectivity index (χ2n) is 4.64. The normalized spacial score (nSPS) is 16.6. The van der Waals surface area contributed by atoms with Crippen LogP contribution in [-0.4, -0.2) is 17.9 Å². The predicted octanol–water partition coefficient (Wildman–Crippen LogP) is 2.68. The van der Waals surface area contributed by atoms with Crippen LogP contribution in [0.1, 0.15) is 27.2 Å². The van der Waals surface area contributed by atoms with Gasteiger partial charge in [-0.15, -0.1) is 0 Å². The molecular weight excluding hydrogens is 242 g/mol. The molecule has 1 aliphatic heterocycles. The van der Waals surface area contributed by atoms with Crippen molar-refractivity contribution in [2.45, 2.75) is 33.3 Å². The molecule has 0 fully saturated rings. The quantitative estimate of drug-likeness (QED) is 0.781. The maximum Gasteiger partial charge on any atom is 0.261 e. The lowest BCUT2D eigenvalue weighted by Gasteiger charge is -2.17. The third-order valence-corrected chi connectivity index (χ3v) is 3.09. The van der Waals surface area contributed by atoms with E-state index in [1.54, 1.807) is 25.1 Å². The molecule has 0 spiro atoms. The first-order valence-corrected chi connectivity index (χ1v) is 6.36. The zero-order chi connectivity index (χ0) is 14.0. The number of imide groups is 1. The number of benzene rings is 1. The summed E-state index contributed by atoms with van der Waals surface area (Å²) in [6.07, 6.45) is 2.34. The molecule has 0 aromatic heterocycles. The average molecular weight is 259 g/mol. The second kappa shape index (κ2) is 5.26. The van der Waals surface area contributed by atoms with Gasteiger partial charge >= 0.3 is 0 Å². The number of nitrogens with zero attached hydrogens (tertiary/aromatic N) is 1. The van der Waals surface area contributed by atoms with Gasteiger partial charge in [0.25, 0.3) is 11.8 Å². The molecule has 0 radical (unpaired) electrons. The maximum absolute atomic E-state index is 11.9. The van der Waals surface area contributed by atoms with Crippen LogP contribution in [0, 0.1) is 0 Å². The van der Waals surface area contributed by atoms with Gasteiger partial charge in [0.1, 0.15) is 5.75 Å². The Morgan fingerprint density at radius 2 is 2.05 bits per heavy atom. The van der Waals surface area contributed by atoms with Crippen molar-refractivity contribution in [3.05, 3.63) is 35.9 Å². The summed E-state index contributed by atoms with van der Waals surface area (Å²) in [4.78, 5) is 24.8. The van der Waals surface area contributed by atoms with Gasteiger partial charge in [-0.05, 0) is 32.4 Å². The lowest BCUT2D eigenvalue weighted by Crippen LogP contribution is -2.30. The van der Waals surface area contributed by atoms with Crippen molar-refractivity contribution in [1.82, 2.24) is 0 Å². The van der Waals surface area contributed by atoms with Crippen molar-refractivity contribution in [3.8, 4) is 5.75 Å². The molecule has 0 saturated heterocycles. The summed E-state index contributed by atoms with van der Waals surface area (Å²) in [5.41, 5.74) is 1.00. The molecular formula is C15H17NO3. The molecule has 0 saturated carbocycles. The lowest BCUT2D eigenvalue weighted by molar-refractivity contribution is -0.120. The minimum absolute atomic E-state index is 0.0973. The van der Waals surface area contributed by atoms with Gasteiger partial charge in [-0.2, -0.15) is 0 Å². The summed E-state index contributed by atoms with van der Waals surface area (Å²) in [6.45, 7) is 5.65. The van der Waals surface area contributed by atoms with Crippen LogP contribution >= 0.6 is 0 Å². The molecule has 1 aliphatic rings. The zero-order valence-corrected chi connectivity index (χ0v) is 11.3. The Kier molecular flexibility index (Phi) is 3.69. The number of ether oxygens (including phenoxy) is 1. The highest BCUT2D eigenvalue weighted by molar-refractivity contribution is 6.30. The smallest absolute Gasteiger partial charge is 0.261 e. The van der Waals surface area contributed by atoms with Gasteiger partial charge in [0, 0.05) is 17.7 Å². The van der Waals surface area contributed by atoms with E-state index in [0.717, 1.165) is 6.42 Å². The fourth-order valence-corrected chi connectivity index (χ4v) is 1.84. The Morgan fingerprint density at radius 3 is 2.63 bits per heavy atom. The molecule has 100 valence electrons. The van der Waals surface area contributed by atoms with Crippen LogP contribution in [0.3, 0.4) is 0 Å². The third kappa shape index (κ3) is 2.67. The van der Waals surface area contributed by atoms with Crippen LogP contribution in [0.5, 0.6) is 5.75 Å². The summed E-state index contributed by atoms with van der Waals surface area (Å²) >= 11 is 0. The number of rotatable bonds is 4. The van der Waals surface area contributed by atoms with Crippen molar-refractivity contribution in [1.29, 1.82) is 0 Å². The predicted molar refractivity (Wildman–Crippen MR) is 73.1 cm³/mol. The van der Waals surface area contributed by atoms with E-state index >= 15 is 0 Å². The number of anilines is 1. The Morgan fingerprint density at radius 1 is 1.32 bits per heavy atom. The number of hydrogen-bond donors (Lipinski definition) is 0. The van der Waals surface area contributed by atoms with Gasteiger partial charge < -0.3 is 4.74 Å². The van der Waals surface area contributed by atoms with Crippen molar-refractivity contribution in [3.63, 3.8) is 0 Å². The molecule has 1 heterocycles. The number of carbonyl (C=O) groups is 2. The first-order chi connectivity index (χ1) is 9.02. The van der Waals surface area contributed by atoms with Crippen molar-refractivity contribution in [2.24, 2.45) is 0 Å². The molecule has 19 heavy (non-hydrogen) atoms. The summed E-state index contributed by atoms with van der Waals surface area (Å²) in [5, 5.41) is 0. The van der Waals surface area contributed by atoms with E-state index in [1.165, 1.54) is 11.0 Å². The van der Waals surface area contributed by atoms with Gasteiger partial charge in [-0.3, -0.25) is 9.59 Å². The van der Waals surface area contributed by atoms with E-state index in [4.69, 9.17) is 4.74 Å². The highest BCUT2D eigenvalue weighted by atomic mass is 16.5. The van der Waals surface area contributed by atoms with Gasteiger partial charge in [0.2, 0.25) is 0 Å². The zero-order valence-electron chi connectivity index (χ0n) is 11.3. The standard InChI is InChI=1S/C15H17NO3/c1-4-11(3)19-13-7-5-6-12(9-13)16-14(17)8-10(2)15(16)18/h5-9,11H,4H2,1-3H3. The van der Waals surface area contributed by atoms with Crippen LogP contribution in [-0.2, 0) is 9.59 Å². The number of hydrogen-bond acceptors (Lipinski definition) is 3. The maximum atomic E-state index is 11.9. The molecule has 2 rings (SSSR count). The Hall–Kier alpha value is -2.10. The molecule has 0 N–H and O–H groups in total. The molecule has 1 aromatic carbocycles. The van der Waals surface area contributed by atoms with Crippen molar-refractivity contribution >= 4 is 17.5 Å². The van der Waals surface area contributed by atoms with Crippen LogP contribution in [0.25, 0.3) is 0 Å². The molecule has 1 unspecified atom stereocenters. The van der Waals surface area contributed by atoms with Gasteiger partial charge in [-0.1, -0.05) is 13.0 Å². The fourth-order valence-electron chi connectivity index (χ4n) is 1.84. The number of carbonyl (C=O) groups excluding carboxylic acids is 2. The highest BCUT2D eigenvalue weighted by Gasteiger charge is 2.29. The molecule has 1 atom stereocenters. The molecule has 1 aromatic rings. The summed E-state index contributed by atoms with van der Waals surface area (Å²) in [7, 11) is 0. The topological polar surface area (TPSA) is 46.6 Å². The van der Waals surface area contributed by atoms with Crippen LogP contribution in [0.4, 0.5) is 5.69 Å². The van der Waals surface area contributed by atoms with Crippen molar-refractivity contribution < 1.29 is 14.3 Å². The molecule has 0 aliphatic carbocycles. The molecule has 4 nitrogen and oxygen atoms in total.